The van der Waals surface area contributed by atoms with Crippen LogP contribution in [0.5, 0.6) is 0 Å². The van der Waals surface area contributed by atoms with E-state index in [2.05, 4.69) is 18.7 Å². The fourth-order valence-corrected chi connectivity index (χ4v) is 6.79. The molecule has 1 spiro atoms. The van der Waals surface area contributed by atoms with Gasteiger partial charge in [0, 0.05) is 19.6 Å². The predicted octanol–water partition coefficient (Wildman–Crippen LogP) is 3.58. The van der Waals surface area contributed by atoms with Crippen molar-refractivity contribution in [3.05, 3.63) is 54.0 Å². The number of piperidine rings is 1. The fraction of sp³-hybridized carbons (Fsp3) is 0.500. The molecule has 1 aromatic heterocycles. The smallest absolute Gasteiger partial charge is 0.245 e. The summed E-state index contributed by atoms with van der Waals surface area (Å²) >= 11 is 0. The molecule has 0 radical (unpaired) electrons. The van der Waals surface area contributed by atoms with Crippen molar-refractivity contribution in [1.82, 2.24) is 4.90 Å². The molecule has 5 nitrogen and oxygen atoms in total. The summed E-state index contributed by atoms with van der Waals surface area (Å²) in [5.41, 5.74) is 1.86. The van der Waals surface area contributed by atoms with Crippen molar-refractivity contribution in [2.75, 3.05) is 23.9 Å². The molecule has 4 rings (SSSR count). The molecule has 1 saturated heterocycles. The highest BCUT2D eigenvalue weighted by Gasteiger charge is 2.56. The fourth-order valence-electron chi connectivity index (χ4n) is 4.31. The van der Waals surface area contributed by atoms with E-state index in [1.54, 1.807) is 10.6 Å². The van der Waals surface area contributed by atoms with Gasteiger partial charge in [-0.2, -0.15) is 0 Å². The van der Waals surface area contributed by atoms with Gasteiger partial charge >= 0.3 is 0 Å². The molecule has 0 bridgehead atoms. The highest BCUT2D eigenvalue weighted by molar-refractivity contribution is 7.94. The third-order valence-corrected chi connectivity index (χ3v) is 8.14. The number of sulfonamides is 1. The molecule has 1 fully saturated rings. The van der Waals surface area contributed by atoms with Crippen molar-refractivity contribution < 1.29 is 12.8 Å². The molecule has 0 amide bonds. The second kappa shape index (κ2) is 6.43. The molecule has 0 N–H and O–H groups in total. The average Bonchev–Trinajstić information content (AvgIpc) is 3.18. The van der Waals surface area contributed by atoms with Crippen LogP contribution in [-0.4, -0.2) is 33.0 Å². The lowest BCUT2D eigenvalue weighted by Crippen LogP contribution is -2.48. The summed E-state index contributed by atoms with van der Waals surface area (Å²) in [5, 5.41) is 0. The summed E-state index contributed by atoms with van der Waals surface area (Å²) < 4.78 is 33.5. The largest absolute Gasteiger partial charge is 0.468 e. The van der Waals surface area contributed by atoms with E-state index in [0.717, 1.165) is 36.6 Å². The molecule has 1 aromatic carbocycles. The van der Waals surface area contributed by atoms with Crippen molar-refractivity contribution in [3.63, 3.8) is 0 Å². The standard InChI is InChI=1S/C20H26N2O3S/c1-16(2)14-22-19-8-4-3-7-18(19)20(26(22,23)24)9-11-21(12-10-20)15-17-6-5-13-25-17/h3-8,13,16H,9-12,14-15H2,1-2H3. The second-order valence-corrected chi connectivity index (χ2v) is 9.97. The minimum atomic E-state index is -3.41. The Morgan fingerprint density at radius 3 is 2.50 bits per heavy atom. The third kappa shape index (κ3) is 2.67. The van der Waals surface area contributed by atoms with Gasteiger partial charge in [0.15, 0.2) is 0 Å². The summed E-state index contributed by atoms with van der Waals surface area (Å²) in [6, 6.07) is 11.7. The summed E-state index contributed by atoms with van der Waals surface area (Å²) in [7, 11) is -3.41. The van der Waals surface area contributed by atoms with Gasteiger partial charge in [0.25, 0.3) is 0 Å². The Morgan fingerprint density at radius 1 is 1.12 bits per heavy atom. The predicted molar refractivity (Wildman–Crippen MR) is 102 cm³/mol. The maximum atomic E-state index is 13.6. The zero-order valence-electron chi connectivity index (χ0n) is 15.4. The first-order chi connectivity index (χ1) is 12.4. The molecular weight excluding hydrogens is 348 g/mol. The number of fused-ring (bicyclic) bond motifs is 2. The van der Waals surface area contributed by atoms with Gasteiger partial charge in [-0.15, -0.1) is 0 Å². The van der Waals surface area contributed by atoms with E-state index >= 15 is 0 Å². The van der Waals surface area contributed by atoms with Crippen molar-refractivity contribution in [2.24, 2.45) is 5.92 Å². The Kier molecular flexibility index (Phi) is 4.35. The van der Waals surface area contributed by atoms with E-state index in [-0.39, 0.29) is 5.92 Å². The normalized spacial score (nSPS) is 21.4. The molecule has 3 heterocycles. The first kappa shape index (κ1) is 17.6. The van der Waals surface area contributed by atoms with Crippen LogP contribution < -0.4 is 4.31 Å². The van der Waals surface area contributed by atoms with Crippen LogP contribution in [-0.2, 0) is 21.3 Å². The topological polar surface area (TPSA) is 53.8 Å². The first-order valence-electron chi connectivity index (χ1n) is 9.30. The number of likely N-dealkylation sites (tertiary alicyclic amines) is 1. The third-order valence-electron chi connectivity index (χ3n) is 5.60. The van der Waals surface area contributed by atoms with Crippen LogP contribution in [0.15, 0.2) is 47.1 Å². The Hall–Kier alpha value is -1.79. The van der Waals surface area contributed by atoms with E-state index in [1.807, 2.05) is 36.4 Å². The minimum Gasteiger partial charge on any atom is -0.468 e. The molecule has 2 aromatic rings. The first-order valence-corrected chi connectivity index (χ1v) is 10.7. The zero-order chi connectivity index (χ0) is 18.4. The van der Waals surface area contributed by atoms with Crippen LogP contribution in [0, 0.1) is 5.92 Å². The van der Waals surface area contributed by atoms with Gasteiger partial charge in [-0.25, -0.2) is 8.42 Å². The molecule has 2 aliphatic rings. The van der Waals surface area contributed by atoms with Crippen LogP contribution in [0.3, 0.4) is 0 Å². The van der Waals surface area contributed by atoms with Crippen LogP contribution in [0.1, 0.15) is 38.0 Å². The Bertz CT molecular complexity index is 866. The lowest BCUT2D eigenvalue weighted by Gasteiger charge is -2.38. The molecular formula is C20H26N2O3S. The number of hydrogen-bond acceptors (Lipinski definition) is 4. The number of anilines is 1. The van der Waals surface area contributed by atoms with Crippen molar-refractivity contribution in [1.29, 1.82) is 0 Å². The Balaban J connectivity index is 1.64. The number of benzene rings is 1. The van der Waals surface area contributed by atoms with Gasteiger partial charge in [-0.3, -0.25) is 9.21 Å². The molecule has 0 aliphatic carbocycles. The highest BCUT2D eigenvalue weighted by Crippen LogP contribution is 2.52. The van der Waals surface area contributed by atoms with Crippen LogP contribution in [0.25, 0.3) is 0 Å². The van der Waals surface area contributed by atoms with Gasteiger partial charge in [0.2, 0.25) is 10.0 Å². The maximum absolute atomic E-state index is 13.6. The zero-order valence-corrected chi connectivity index (χ0v) is 16.2. The van der Waals surface area contributed by atoms with Gasteiger partial charge in [0.1, 0.15) is 10.5 Å². The average molecular weight is 375 g/mol. The Labute approximate surface area is 155 Å². The SMILES string of the molecule is CC(C)CN1c2ccccc2C2(CCN(Cc3ccco3)CC2)S1(=O)=O. The van der Waals surface area contributed by atoms with Crippen LogP contribution in [0.4, 0.5) is 5.69 Å². The molecule has 0 atom stereocenters. The van der Waals surface area contributed by atoms with Crippen LogP contribution in [0.2, 0.25) is 0 Å². The van der Waals surface area contributed by atoms with Gasteiger partial charge in [-0.1, -0.05) is 32.0 Å². The van der Waals surface area contributed by atoms with E-state index in [1.165, 1.54) is 0 Å². The molecule has 6 heteroatoms. The van der Waals surface area contributed by atoms with E-state index in [4.69, 9.17) is 4.42 Å². The number of nitrogens with zero attached hydrogens (tertiary/aromatic N) is 2. The monoisotopic (exact) mass is 374 g/mol. The van der Waals surface area contributed by atoms with Gasteiger partial charge in [-0.05, 0) is 42.5 Å². The number of para-hydroxylation sites is 1. The quantitative estimate of drug-likeness (QED) is 0.821. The number of rotatable bonds is 4. The van der Waals surface area contributed by atoms with Crippen molar-refractivity contribution in [3.8, 4) is 0 Å². The maximum Gasteiger partial charge on any atom is 0.245 e. The van der Waals surface area contributed by atoms with Crippen molar-refractivity contribution in [2.45, 2.75) is 38.0 Å². The van der Waals surface area contributed by atoms with Crippen molar-refractivity contribution >= 4 is 15.7 Å². The summed E-state index contributed by atoms with van der Waals surface area (Å²) in [6.07, 6.45) is 2.94. The molecule has 0 saturated carbocycles. The summed E-state index contributed by atoms with van der Waals surface area (Å²) in [5.74, 6) is 1.21. The lowest BCUT2D eigenvalue weighted by molar-refractivity contribution is 0.177. The van der Waals surface area contributed by atoms with Gasteiger partial charge < -0.3 is 4.42 Å². The molecule has 26 heavy (non-hydrogen) atoms. The molecule has 140 valence electrons. The molecule has 2 aliphatic heterocycles. The lowest BCUT2D eigenvalue weighted by atomic mass is 9.87. The second-order valence-electron chi connectivity index (χ2n) is 7.80. The van der Waals surface area contributed by atoms with Crippen LogP contribution >= 0.6 is 0 Å². The Morgan fingerprint density at radius 2 is 1.85 bits per heavy atom. The molecule has 0 unspecified atom stereocenters. The highest BCUT2D eigenvalue weighted by atomic mass is 32.2. The number of furan rings is 1. The van der Waals surface area contributed by atoms with E-state index in [9.17, 15) is 8.42 Å². The summed E-state index contributed by atoms with van der Waals surface area (Å²) in [6.45, 7) is 6.91. The summed E-state index contributed by atoms with van der Waals surface area (Å²) in [4.78, 5) is 2.29. The van der Waals surface area contributed by atoms with E-state index in [0.29, 0.717) is 19.4 Å². The number of hydrogen-bond donors (Lipinski definition) is 0. The van der Waals surface area contributed by atoms with E-state index < -0.39 is 14.8 Å². The van der Waals surface area contributed by atoms with Gasteiger partial charge in [0.05, 0.1) is 18.5 Å². The minimum absolute atomic E-state index is 0.284.